The molecule has 0 bridgehead atoms. The van der Waals surface area contributed by atoms with Crippen LogP contribution in [0.1, 0.15) is 56.2 Å². The van der Waals surface area contributed by atoms with E-state index in [9.17, 15) is 5.26 Å². The van der Waals surface area contributed by atoms with Crippen LogP contribution in [0.25, 0.3) is 5.57 Å². The van der Waals surface area contributed by atoms with Crippen molar-refractivity contribution in [2.75, 3.05) is 5.32 Å². The highest BCUT2D eigenvalue weighted by atomic mass is 14.9. The Morgan fingerprint density at radius 1 is 1.11 bits per heavy atom. The maximum Gasteiger partial charge on any atom is 0.0822 e. The minimum Gasteiger partial charge on any atom is -0.402 e. The van der Waals surface area contributed by atoms with Crippen LogP contribution in [0.3, 0.4) is 0 Å². The van der Waals surface area contributed by atoms with Gasteiger partial charge in [-0.2, -0.15) is 5.26 Å². The van der Waals surface area contributed by atoms with Gasteiger partial charge in [0.05, 0.1) is 11.5 Å². The fourth-order valence-corrected chi connectivity index (χ4v) is 4.12. The van der Waals surface area contributed by atoms with Crippen LogP contribution < -0.4 is 11.1 Å². The van der Waals surface area contributed by atoms with E-state index >= 15 is 0 Å². The van der Waals surface area contributed by atoms with Gasteiger partial charge < -0.3 is 16.5 Å². The molecule has 0 amide bonds. The van der Waals surface area contributed by atoms with E-state index in [1.54, 1.807) is 6.92 Å². The lowest BCUT2D eigenvalue weighted by Gasteiger charge is -2.21. The SMILES string of the molecule is CC(=N)/C(=C(/C)N)c1ccc(C)c(Nc2ccc(C3(C#N)CCCC3)cc2)c1. The van der Waals surface area contributed by atoms with Crippen LogP contribution in [0.2, 0.25) is 0 Å². The van der Waals surface area contributed by atoms with Crippen molar-refractivity contribution in [3.63, 3.8) is 0 Å². The molecule has 1 fully saturated rings. The van der Waals surface area contributed by atoms with Gasteiger partial charge in [0.15, 0.2) is 0 Å². The summed E-state index contributed by atoms with van der Waals surface area (Å²) in [5.41, 5.74) is 12.7. The predicted octanol–water partition coefficient (Wildman–Crippen LogP) is 5.80. The van der Waals surface area contributed by atoms with Crippen LogP contribution >= 0.6 is 0 Å². The molecule has 0 spiro atoms. The second-order valence-corrected chi connectivity index (χ2v) is 7.82. The largest absolute Gasteiger partial charge is 0.402 e. The molecule has 4 N–H and O–H groups in total. The molecule has 28 heavy (non-hydrogen) atoms. The number of hydrogen-bond donors (Lipinski definition) is 3. The molecule has 2 aromatic carbocycles. The van der Waals surface area contributed by atoms with Gasteiger partial charge in [-0.15, -0.1) is 0 Å². The van der Waals surface area contributed by atoms with E-state index < -0.39 is 0 Å². The molecule has 0 aliphatic heterocycles. The van der Waals surface area contributed by atoms with Gasteiger partial charge in [-0.25, -0.2) is 0 Å². The number of allylic oxidation sites excluding steroid dienone is 2. The van der Waals surface area contributed by atoms with Crippen molar-refractivity contribution in [2.24, 2.45) is 5.73 Å². The molecule has 4 nitrogen and oxygen atoms in total. The van der Waals surface area contributed by atoms with Crippen molar-refractivity contribution >= 4 is 22.7 Å². The zero-order valence-electron chi connectivity index (χ0n) is 16.9. The quantitative estimate of drug-likeness (QED) is 0.579. The third-order valence-electron chi connectivity index (χ3n) is 5.68. The third-order valence-corrected chi connectivity index (χ3v) is 5.68. The van der Waals surface area contributed by atoms with E-state index in [0.717, 1.165) is 59.3 Å². The summed E-state index contributed by atoms with van der Waals surface area (Å²) < 4.78 is 0. The predicted molar refractivity (Wildman–Crippen MR) is 117 cm³/mol. The first kappa shape index (κ1) is 19.7. The average molecular weight is 373 g/mol. The van der Waals surface area contributed by atoms with E-state index in [1.165, 1.54) is 0 Å². The highest BCUT2D eigenvalue weighted by Gasteiger charge is 2.35. The van der Waals surface area contributed by atoms with Crippen molar-refractivity contribution in [2.45, 2.75) is 51.9 Å². The fourth-order valence-electron chi connectivity index (χ4n) is 4.12. The normalized spacial score (nSPS) is 16.2. The van der Waals surface area contributed by atoms with E-state index in [1.807, 2.05) is 37.3 Å². The lowest BCUT2D eigenvalue weighted by molar-refractivity contribution is 0.573. The second kappa shape index (κ2) is 7.90. The smallest absolute Gasteiger partial charge is 0.0822 e. The number of rotatable bonds is 5. The molecule has 3 rings (SSSR count). The maximum atomic E-state index is 9.69. The zero-order valence-corrected chi connectivity index (χ0v) is 16.9. The number of anilines is 2. The summed E-state index contributed by atoms with van der Waals surface area (Å²) in [5.74, 6) is 0. The molecule has 1 aliphatic rings. The number of hydrogen-bond acceptors (Lipinski definition) is 4. The highest BCUT2D eigenvalue weighted by molar-refractivity contribution is 6.22. The Kier molecular flexibility index (Phi) is 5.56. The molecule has 144 valence electrons. The molecule has 4 heteroatoms. The first-order valence-electron chi connectivity index (χ1n) is 9.78. The van der Waals surface area contributed by atoms with Crippen LogP contribution in [-0.4, -0.2) is 5.71 Å². The van der Waals surface area contributed by atoms with Gasteiger partial charge in [0, 0.05) is 28.4 Å². The summed E-state index contributed by atoms with van der Waals surface area (Å²) >= 11 is 0. The Morgan fingerprint density at radius 2 is 1.75 bits per heavy atom. The first-order chi connectivity index (χ1) is 13.4. The van der Waals surface area contributed by atoms with Gasteiger partial charge in [-0.1, -0.05) is 37.1 Å². The monoisotopic (exact) mass is 372 g/mol. The van der Waals surface area contributed by atoms with Gasteiger partial charge >= 0.3 is 0 Å². The van der Waals surface area contributed by atoms with E-state index in [2.05, 4.69) is 30.4 Å². The number of nitrogens with two attached hydrogens (primary N) is 1. The zero-order chi connectivity index (χ0) is 20.3. The minimum atomic E-state index is -0.311. The van der Waals surface area contributed by atoms with Crippen molar-refractivity contribution in [1.82, 2.24) is 0 Å². The van der Waals surface area contributed by atoms with Gasteiger partial charge in [-0.05, 0) is 68.5 Å². The molecule has 0 unspecified atom stereocenters. The maximum absolute atomic E-state index is 9.69. The van der Waals surface area contributed by atoms with Crippen LogP contribution in [0.4, 0.5) is 11.4 Å². The van der Waals surface area contributed by atoms with Gasteiger partial charge in [0.25, 0.3) is 0 Å². The molecule has 2 aromatic rings. The molecular formula is C24H28N4. The number of nitrogens with one attached hydrogen (secondary N) is 2. The number of aryl methyl sites for hydroxylation is 1. The summed E-state index contributed by atoms with van der Waals surface area (Å²) in [7, 11) is 0. The van der Waals surface area contributed by atoms with E-state index in [4.69, 9.17) is 11.1 Å². The number of nitrogens with zero attached hydrogens (tertiary/aromatic N) is 1. The molecule has 0 aromatic heterocycles. The lowest BCUT2D eigenvalue weighted by atomic mass is 9.80. The molecule has 0 heterocycles. The molecule has 1 aliphatic carbocycles. The first-order valence-corrected chi connectivity index (χ1v) is 9.78. The van der Waals surface area contributed by atoms with E-state index in [-0.39, 0.29) is 5.41 Å². The second-order valence-electron chi connectivity index (χ2n) is 7.82. The minimum absolute atomic E-state index is 0.311. The van der Waals surface area contributed by atoms with Crippen molar-refractivity contribution in [3.8, 4) is 6.07 Å². The summed E-state index contributed by atoms with van der Waals surface area (Å²) in [5, 5.41) is 21.2. The van der Waals surface area contributed by atoms with Crippen LogP contribution in [0.15, 0.2) is 48.2 Å². The Balaban J connectivity index is 1.88. The van der Waals surface area contributed by atoms with Crippen LogP contribution in [0, 0.1) is 23.7 Å². The molecular weight excluding hydrogens is 344 g/mol. The fraction of sp³-hybridized carbons (Fsp3) is 0.333. The standard InChI is InChI=1S/C24H28N4/c1-16-6-7-19(23(17(2)26)18(3)27)14-22(16)28-21-10-8-20(9-11-21)24(15-25)12-4-5-13-24/h6-11,14,26,28H,4-5,12-13,27H2,1-3H3/b23-18+,26-17?. The lowest BCUT2D eigenvalue weighted by Crippen LogP contribution is -2.19. The topological polar surface area (TPSA) is 85.7 Å². The van der Waals surface area contributed by atoms with Gasteiger partial charge in [-0.3, -0.25) is 0 Å². The Morgan fingerprint density at radius 3 is 2.29 bits per heavy atom. The summed E-state index contributed by atoms with van der Waals surface area (Å²) in [6.45, 7) is 5.64. The van der Waals surface area contributed by atoms with Gasteiger partial charge in [0.2, 0.25) is 0 Å². The Labute approximate surface area is 167 Å². The molecule has 0 saturated heterocycles. The van der Waals surface area contributed by atoms with Crippen molar-refractivity contribution in [3.05, 3.63) is 64.9 Å². The highest BCUT2D eigenvalue weighted by Crippen LogP contribution is 2.41. The Bertz CT molecular complexity index is 951. The third kappa shape index (κ3) is 3.80. The number of nitriles is 1. The average Bonchev–Trinajstić information content (AvgIpc) is 3.15. The van der Waals surface area contributed by atoms with Crippen molar-refractivity contribution in [1.29, 1.82) is 10.7 Å². The molecule has 0 atom stereocenters. The van der Waals surface area contributed by atoms with Crippen molar-refractivity contribution < 1.29 is 0 Å². The summed E-state index contributed by atoms with van der Waals surface area (Å²) in [6.07, 6.45) is 4.16. The van der Waals surface area contributed by atoms with Gasteiger partial charge in [0.1, 0.15) is 0 Å². The Hall–Kier alpha value is -3.06. The summed E-state index contributed by atoms with van der Waals surface area (Å²) in [4.78, 5) is 0. The van der Waals surface area contributed by atoms with E-state index in [0.29, 0.717) is 11.4 Å². The number of benzene rings is 2. The summed E-state index contributed by atoms with van der Waals surface area (Å²) in [6, 6.07) is 16.9. The van der Waals surface area contributed by atoms with Crippen LogP contribution in [-0.2, 0) is 5.41 Å². The van der Waals surface area contributed by atoms with Crippen LogP contribution in [0.5, 0.6) is 0 Å². The molecule has 0 radical (unpaired) electrons. The molecule has 1 saturated carbocycles.